The van der Waals surface area contributed by atoms with E-state index in [9.17, 15) is 14.7 Å². The summed E-state index contributed by atoms with van der Waals surface area (Å²) in [6, 6.07) is 2.86. The van der Waals surface area contributed by atoms with E-state index in [0.717, 1.165) is 12.0 Å². The molecule has 0 aliphatic carbocycles. The Labute approximate surface area is 193 Å². The third-order valence-corrected chi connectivity index (χ3v) is 6.16. The number of hydrogen-bond donors (Lipinski definition) is 2. The van der Waals surface area contributed by atoms with Crippen LogP contribution >= 0.6 is 23.2 Å². The highest BCUT2D eigenvalue weighted by Gasteiger charge is 2.32. The Morgan fingerprint density at radius 3 is 2.75 bits per heavy atom. The summed E-state index contributed by atoms with van der Waals surface area (Å²) in [5.41, 5.74) is 1.92. The normalized spacial score (nSPS) is 16.1. The molecule has 2 aromatic heterocycles. The van der Waals surface area contributed by atoms with E-state index in [1.165, 1.54) is 0 Å². The van der Waals surface area contributed by atoms with Crippen molar-refractivity contribution >= 4 is 51.9 Å². The van der Waals surface area contributed by atoms with Crippen LogP contribution in [-0.2, 0) is 20.7 Å². The number of benzene rings is 1. The summed E-state index contributed by atoms with van der Waals surface area (Å²) in [5.74, 6) is -1.46. The molecular formula is C21H20Cl2N4O5. The molecule has 0 bridgehead atoms. The van der Waals surface area contributed by atoms with Crippen molar-refractivity contribution in [3.05, 3.63) is 46.5 Å². The number of fused-ring (bicyclic) bond motifs is 1. The molecule has 1 atom stereocenters. The molecule has 9 nitrogen and oxygen atoms in total. The summed E-state index contributed by atoms with van der Waals surface area (Å²) >= 11 is 12.9. The molecule has 4 rings (SSSR count). The zero-order chi connectivity index (χ0) is 22.8. The van der Waals surface area contributed by atoms with E-state index < -0.39 is 24.6 Å². The summed E-state index contributed by atoms with van der Waals surface area (Å²) in [6.07, 6.45) is 6.69. The molecule has 168 valence electrons. The molecule has 1 fully saturated rings. The number of ether oxygens (including phenoxy) is 1. The van der Waals surface area contributed by atoms with Gasteiger partial charge in [-0.25, -0.2) is 19.6 Å². The fraction of sp³-hybridized carbons (Fsp3) is 0.333. The van der Waals surface area contributed by atoms with Crippen LogP contribution in [0.15, 0.2) is 30.9 Å². The second kappa shape index (κ2) is 9.32. The van der Waals surface area contributed by atoms with Gasteiger partial charge in [0, 0.05) is 30.4 Å². The Morgan fingerprint density at radius 1 is 1.25 bits per heavy atom. The predicted octanol–water partition coefficient (Wildman–Crippen LogP) is 3.42. The lowest BCUT2D eigenvalue weighted by Gasteiger charge is -2.25. The highest BCUT2D eigenvalue weighted by Crippen LogP contribution is 2.38. The number of aromatic nitrogens is 3. The number of rotatable bonds is 8. The topological polar surface area (TPSA) is 118 Å². The summed E-state index contributed by atoms with van der Waals surface area (Å²) in [4.78, 5) is 33.1. The number of aliphatic carboxylic acids is 2. The van der Waals surface area contributed by atoms with Gasteiger partial charge in [-0.2, -0.15) is 0 Å². The molecule has 32 heavy (non-hydrogen) atoms. The average Bonchev–Trinajstić information content (AvgIpc) is 3.45. The molecule has 1 aromatic carbocycles. The first-order valence-corrected chi connectivity index (χ1v) is 10.7. The fourth-order valence-corrected chi connectivity index (χ4v) is 4.40. The van der Waals surface area contributed by atoms with E-state index in [1.807, 2.05) is 6.07 Å². The van der Waals surface area contributed by atoms with Gasteiger partial charge >= 0.3 is 11.9 Å². The van der Waals surface area contributed by atoms with Crippen molar-refractivity contribution in [1.29, 1.82) is 0 Å². The van der Waals surface area contributed by atoms with Crippen LogP contribution in [0, 0.1) is 0 Å². The van der Waals surface area contributed by atoms with E-state index in [0.29, 0.717) is 46.8 Å². The van der Waals surface area contributed by atoms with Gasteiger partial charge in [-0.3, -0.25) is 0 Å². The summed E-state index contributed by atoms with van der Waals surface area (Å²) in [5, 5.41) is 19.7. The van der Waals surface area contributed by atoms with Gasteiger partial charge in [-0.05, 0) is 30.9 Å². The number of carbonyl (C=O) groups is 2. The van der Waals surface area contributed by atoms with Crippen molar-refractivity contribution in [3.8, 4) is 5.69 Å². The predicted molar refractivity (Wildman–Crippen MR) is 119 cm³/mol. The van der Waals surface area contributed by atoms with E-state index in [2.05, 4.69) is 4.98 Å². The number of pyridine rings is 1. The standard InChI is InChI=1S/C21H20Cl2N4O5/c22-13-8-12(3-7-32-10-17(28)29)18-15(26-6-4-24-11-26)9-16(25-20(18)19(13)23)27-5-1-2-14(27)21(30)31/h4,6,8-9,11,14H,1-3,5,7,10H2,(H,28,29)(H,30,31). The third kappa shape index (κ3) is 4.36. The van der Waals surface area contributed by atoms with E-state index in [4.69, 9.17) is 38.0 Å². The number of hydrogen-bond acceptors (Lipinski definition) is 6. The lowest BCUT2D eigenvalue weighted by molar-refractivity contribution is -0.142. The summed E-state index contributed by atoms with van der Waals surface area (Å²) in [6.45, 7) is 0.326. The van der Waals surface area contributed by atoms with Crippen LogP contribution in [-0.4, -0.2) is 62.5 Å². The zero-order valence-corrected chi connectivity index (χ0v) is 18.4. The second-order valence-corrected chi connectivity index (χ2v) is 8.20. The lowest BCUT2D eigenvalue weighted by atomic mass is 10.0. The monoisotopic (exact) mass is 478 g/mol. The molecular weight excluding hydrogens is 459 g/mol. The fourth-order valence-electron chi connectivity index (χ4n) is 3.98. The van der Waals surface area contributed by atoms with Crippen LogP contribution in [0.4, 0.5) is 5.82 Å². The molecule has 2 N–H and O–H groups in total. The van der Waals surface area contributed by atoms with Crippen LogP contribution < -0.4 is 4.90 Å². The smallest absolute Gasteiger partial charge is 0.329 e. The van der Waals surface area contributed by atoms with Gasteiger partial charge in [-0.1, -0.05) is 23.2 Å². The van der Waals surface area contributed by atoms with Crippen molar-refractivity contribution < 1.29 is 24.5 Å². The van der Waals surface area contributed by atoms with Gasteiger partial charge in [0.05, 0.1) is 34.2 Å². The van der Waals surface area contributed by atoms with Crippen LogP contribution in [0.5, 0.6) is 0 Å². The first kappa shape index (κ1) is 22.3. The molecule has 0 saturated carbocycles. The number of imidazole rings is 1. The minimum Gasteiger partial charge on any atom is -0.480 e. The number of carboxylic acids is 2. The maximum Gasteiger partial charge on any atom is 0.329 e. The Balaban J connectivity index is 1.87. The van der Waals surface area contributed by atoms with Gasteiger partial charge in [0.2, 0.25) is 0 Å². The van der Waals surface area contributed by atoms with Crippen molar-refractivity contribution in [2.24, 2.45) is 0 Å². The summed E-state index contributed by atoms with van der Waals surface area (Å²) < 4.78 is 7.00. The van der Waals surface area contributed by atoms with Crippen LogP contribution in [0.3, 0.4) is 0 Å². The first-order valence-electron chi connectivity index (χ1n) is 9.95. The van der Waals surface area contributed by atoms with Gasteiger partial charge < -0.3 is 24.4 Å². The average molecular weight is 479 g/mol. The Morgan fingerprint density at radius 2 is 2.06 bits per heavy atom. The highest BCUT2D eigenvalue weighted by molar-refractivity contribution is 6.45. The maximum atomic E-state index is 11.7. The van der Waals surface area contributed by atoms with E-state index >= 15 is 0 Å². The van der Waals surface area contributed by atoms with Crippen molar-refractivity contribution in [1.82, 2.24) is 14.5 Å². The second-order valence-electron chi connectivity index (χ2n) is 7.41. The molecule has 11 heteroatoms. The van der Waals surface area contributed by atoms with Gasteiger partial charge in [0.1, 0.15) is 18.5 Å². The van der Waals surface area contributed by atoms with Crippen molar-refractivity contribution in [2.45, 2.75) is 25.3 Å². The third-order valence-electron chi connectivity index (χ3n) is 5.38. The van der Waals surface area contributed by atoms with E-state index in [1.54, 1.807) is 34.3 Å². The van der Waals surface area contributed by atoms with Gasteiger partial charge in [0.25, 0.3) is 0 Å². The molecule has 0 spiro atoms. The Bertz CT molecular complexity index is 1170. The number of nitrogens with zero attached hydrogens (tertiary/aromatic N) is 4. The van der Waals surface area contributed by atoms with Crippen LogP contribution in [0.25, 0.3) is 16.6 Å². The van der Waals surface area contributed by atoms with Crippen LogP contribution in [0.1, 0.15) is 18.4 Å². The molecule has 1 saturated heterocycles. The zero-order valence-electron chi connectivity index (χ0n) is 16.9. The van der Waals surface area contributed by atoms with Crippen LogP contribution in [0.2, 0.25) is 10.0 Å². The maximum absolute atomic E-state index is 11.7. The van der Waals surface area contributed by atoms with Gasteiger partial charge in [-0.15, -0.1) is 0 Å². The Kier molecular flexibility index (Phi) is 6.50. The van der Waals surface area contributed by atoms with Crippen molar-refractivity contribution in [3.63, 3.8) is 0 Å². The summed E-state index contributed by atoms with van der Waals surface area (Å²) in [7, 11) is 0. The van der Waals surface area contributed by atoms with E-state index in [-0.39, 0.29) is 11.6 Å². The molecule has 3 heterocycles. The Hall–Kier alpha value is -2.88. The van der Waals surface area contributed by atoms with Gasteiger partial charge in [0.15, 0.2) is 0 Å². The lowest BCUT2D eigenvalue weighted by Crippen LogP contribution is -2.36. The highest BCUT2D eigenvalue weighted by atomic mass is 35.5. The molecule has 1 aliphatic rings. The molecule has 1 aliphatic heterocycles. The largest absolute Gasteiger partial charge is 0.480 e. The molecule has 0 radical (unpaired) electrons. The molecule has 3 aromatic rings. The number of anilines is 1. The molecule has 1 unspecified atom stereocenters. The minimum atomic E-state index is -1.05. The minimum absolute atomic E-state index is 0.164. The quantitative estimate of drug-likeness (QED) is 0.472. The SMILES string of the molecule is O=C(O)COCCc1cc(Cl)c(Cl)c2nc(N3CCCC3C(=O)O)cc(-n3ccnc3)c12. The number of carboxylic acid groups (broad SMARTS) is 2. The number of halogens is 2. The first-order chi connectivity index (χ1) is 15.4. The van der Waals surface area contributed by atoms with Crippen molar-refractivity contribution in [2.75, 3.05) is 24.7 Å². The molecule has 0 amide bonds.